The fourth-order valence-corrected chi connectivity index (χ4v) is 1.67. The van der Waals surface area contributed by atoms with Crippen LogP contribution >= 0.6 is 11.6 Å². The number of nitrogens with zero attached hydrogens (tertiary/aromatic N) is 2. The zero-order chi connectivity index (χ0) is 15.6. The molecule has 0 saturated carbocycles. The zero-order valence-corrected chi connectivity index (χ0v) is 10.2. The zero-order valence-electron chi connectivity index (χ0n) is 9.44. The van der Waals surface area contributed by atoms with Gasteiger partial charge in [0.15, 0.2) is 0 Å². The summed E-state index contributed by atoms with van der Waals surface area (Å²) in [6.07, 6.45) is -10.6. The van der Waals surface area contributed by atoms with Gasteiger partial charge in [-0.2, -0.15) is 18.4 Å². The number of pyridine rings is 1. The summed E-state index contributed by atoms with van der Waals surface area (Å²) in [6, 6.07) is 1.44. The Labute approximate surface area is 113 Å². The van der Waals surface area contributed by atoms with E-state index in [0.717, 1.165) is 6.20 Å². The first-order valence-electron chi connectivity index (χ1n) is 4.86. The standard InChI is InChI=1S/C10H5ClF6N2O/c11-3-5-4-19-8(20-10(15,16)17)7(9(12,13)14)6(5)1-2-18/h4H,1,3H2. The molecule has 0 radical (unpaired) electrons. The van der Waals surface area contributed by atoms with Crippen molar-refractivity contribution in [3.63, 3.8) is 0 Å². The Morgan fingerprint density at radius 1 is 1.25 bits per heavy atom. The summed E-state index contributed by atoms with van der Waals surface area (Å²) >= 11 is 5.40. The molecule has 1 aromatic heterocycles. The van der Waals surface area contributed by atoms with E-state index >= 15 is 0 Å². The second kappa shape index (κ2) is 5.75. The van der Waals surface area contributed by atoms with Gasteiger partial charge < -0.3 is 4.74 Å². The molecule has 10 heteroatoms. The molecule has 0 aromatic carbocycles. The van der Waals surface area contributed by atoms with Crippen molar-refractivity contribution in [3.05, 3.63) is 22.9 Å². The van der Waals surface area contributed by atoms with E-state index in [2.05, 4.69) is 9.72 Å². The van der Waals surface area contributed by atoms with Gasteiger partial charge in [-0.05, 0) is 11.1 Å². The van der Waals surface area contributed by atoms with Crippen LogP contribution in [0.3, 0.4) is 0 Å². The Kier molecular flexibility index (Phi) is 4.70. The summed E-state index contributed by atoms with van der Waals surface area (Å²) in [6.45, 7) is 0. The second-order valence-electron chi connectivity index (χ2n) is 3.46. The van der Waals surface area contributed by atoms with Crippen molar-refractivity contribution in [1.82, 2.24) is 4.98 Å². The van der Waals surface area contributed by atoms with Gasteiger partial charge in [0, 0.05) is 12.1 Å². The first-order valence-corrected chi connectivity index (χ1v) is 5.40. The lowest BCUT2D eigenvalue weighted by Crippen LogP contribution is -2.22. The highest BCUT2D eigenvalue weighted by Crippen LogP contribution is 2.40. The van der Waals surface area contributed by atoms with Crippen molar-refractivity contribution in [2.24, 2.45) is 0 Å². The van der Waals surface area contributed by atoms with Crippen LogP contribution in [-0.4, -0.2) is 11.3 Å². The van der Waals surface area contributed by atoms with E-state index in [1.165, 1.54) is 6.07 Å². The summed E-state index contributed by atoms with van der Waals surface area (Å²) in [7, 11) is 0. The maximum absolute atomic E-state index is 12.9. The van der Waals surface area contributed by atoms with Crippen molar-refractivity contribution >= 4 is 11.6 Å². The molecule has 0 aliphatic rings. The molecule has 0 aliphatic heterocycles. The van der Waals surface area contributed by atoms with Gasteiger partial charge in [0.1, 0.15) is 5.56 Å². The van der Waals surface area contributed by atoms with Gasteiger partial charge in [-0.25, -0.2) is 4.98 Å². The lowest BCUT2D eigenvalue weighted by Gasteiger charge is -2.18. The minimum Gasteiger partial charge on any atom is -0.387 e. The number of hydrogen-bond donors (Lipinski definition) is 0. The minimum atomic E-state index is -5.33. The lowest BCUT2D eigenvalue weighted by molar-refractivity contribution is -0.277. The first-order chi connectivity index (χ1) is 9.10. The van der Waals surface area contributed by atoms with Crippen molar-refractivity contribution in [1.29, 1.82) is 5.26 Å². The summed E-state index contributed by atoms with van der Waals surface area (Å²) < 4.78 is 78.2. The smallest absolute Gasteiger partial charge is 0.387 e. The average molecular weight is 319 g/mol. The molecular formula is C10H5ClF6N2O. The predicted octanol–water partition coefficient (Wildman–Crippen LogP) is 3.80. The third-order valence-corrected chi connectivity index (χ3v) is 2.42. The molecule has 0 amide bonds. The SMILES string of the molecule is N#CCc1c(CCl)cnc(OC(F)(F)F)c1C(F)(F)F. The molecule has 1 rings (SSSR count). The Hall–Kier alpha value is -1.69. The maximum atomic E-state index is 12.9. The van der Waals surface area contributed by atoms with Gasteiger partial charge in [-0.3, -0.25) is 0 Å². The Morgan fingerprint density at radius 2 is 1.85 bits per heavy atom. The molecule has 0 spiro atoms. The summed E-state index contributed by atoms with van der Waals surface area (Å²) in [5, 5.41) is 8.51. The van der Waals surface area contributed by atoms with E-state index in [1.807, 2.05) is 0 Å². The topological polar surface area (TPSA) is 45.9 Å². The molecule has 1 heterocycles. The van der Waals surface area contributed by atoms with Crippen molar-refractivity contribution in [3.8, 4) is 11.9 Å². The van der Waals surface area contributed by atoms with Crippen LogP contribution in [0.5, 0.6) is 5.88 Å². The lowest BCUT2D eigenvalue weighted by atomic mass is 10.0. The fourth-order valence-electron chi connectivity index (χ4n) is 1.44. The van der Waals surface area contributed by atoms with Gasteiger partial charge in [0.2, 0.25) is 5.88 Å². The molecule has 0 saturated heterocycles. The third kappa shape index (κ3) is 3.90. The van der Waals surface area contributed by atoms with E-state index in [9.17, 15) is 26.3 Å². The predicted molar refractivity (Wildman–Crippen MR) is 54.8 cm³/mol. The molecular weight excluding hydrogens is 314 g/mol. The molecule has 0 fully saturated rings. The molecule has 0 aliphatic carbocycles. The van der Waals surface area contributed by atoms with Crippen LogP contribution < -0.4 is 4.74 Å². The molecule has 1 aromatic rings. The van der Waals surface area contributed by atoms with Crippen molar-refractivity contribution in [2.75, 3.05) is 0 Å². The summed E-state index contributed by atoms with van der Waals surface area (Å²) in [4.78, 5) is 2.99. The van der Waals surface area contributed by atoms with Crippen LogP contribution in [0.15, 0.2) is 6.20 Å². The molecule has 0 unspecified atom stereocenters. The van der Waals surface area contributed by atoms with Crippen LogP contribution in [0, 0.1) is 11.3 Å². The first kappa shape index (κ1) is 16.4. The van der Waals surface area contributed by atoms with Gasteiger partial charge in [0.25, 0.3) is 0 Å². The Morgan fingerprint density at radius 3 is 2.25 bits per heavy atom. The van der Waals surface area contributed by atoms with Gasteiger partial charge >= 0.3 is 12.5 Å². The van der Waals surface area contributed by atoms with Gasteiger partial charge in [0.05, 0.1) is 12.5 Å². The normalized spacial score (nSPS) is 12.1. The van der Waals surface area contributed by atoms with Gasteiger partial charge in [-0.15, -0.1) is 24.8 Å². The van der Waals surface area contributed by atoms with E-state index in [0.29, 0.717) is 0 Å². The number of nitriles is 1. The molecule has 0 atom stereocenters. The molecule has 0 bridgehead atoms. The highest BCUT2D eigenvalue weighted by Gasteiger charge is 2.42. The highest BCUT2D eigenvalue weighted by molar-refractivity contribution is 6.17. The van der Waals surface area contributed by atoms with Crippen LogP contribution in [0.25, 0.3) is 0 Å². The largest absolute Gasteiger partial charge is 0.574 e. The third-order valence-electron chi connectivity index (χ3n) is 2.14. The van der Waals surface area contributed by atoms with Crippen LogP contribution in [-0.2, 0) is 18.5 Å². The van der Waals surface area contributed by atoms with Crippen LogP contribution in [0.4, 0.5) is 26.3 Å². The molecule has 0 N–H and O–H groups in total. The summed E-state index contributed by atoms with van der Waals surface area (Å²) in [5.41, 5.74) is -2.60. The Bertz CT molecular complexity index is 534. The summed E-state index contributed by atoms with van der Waals surface area (Å²) in [5.74, 6) is -2.08. The average Bonchev–Trinajstić information content (AvgIpc) is 2.25. The van der Waals surface area contributed by atoms with Crippen molar-refractivity contribution in [2.45, 2.75) is 24.8 Å². The number of hydrogen-bond acceptors (Lipinski definition) is 3. The molecule has 110 valence electrons. The maximum Gasteiger partial charge on any atom is 0.574 e. The minimum absolute atomic E-state index is 0.185. The van der Waals surface area contributed by atoms with E-state index < -0.39 is 41.8 Å². The Balaban J connectivity index is 3.54. The number of rotatable bonds is 3. The van der Waals surface area contributed by atoms with Crippen LogP contribution in [0.2, 0.25) is 0 Å². The van der Waals surface area contributed by atoms with E-state index in [4.69, 9.17) is 16.9 Å². The van der Waals surface area contributed by atoms with Gasteiger partial charge in [-0.1, -0.05) is 0 Å². The number of alkyl halides is 7. The van der Waals surface area contributed by atoms with E-state index in [-0.39, 0.29) is 5.56 Å². The van der Waals surface area contributed by atoms with E-state index in [1.54, 1.807) is 0 Å². The quantitative estimate of drug-likeness (QED) is 0.629. The number of halogens is 7. The fraction of sp³-hybridized carbons (Fsp3) is 0.400. The second-order valence-corrected chi connectivity index (χ2v) is 3.72. The molecule has 20 heavy (non-hydrogen) atoms. The van der Waals surface area contributed by atoms with Crippen molar-refractivity contribution < 1.29 is 31.1 Å². The highest BCUT2D eigenvalue weighted by atomic mass is 35.5. The monoisotopic (exact) mass is 318 g/mol. The molecule has 3 nitrogen and oxygen atoms in total. The number of ether oxygens (including phenoxy) is 1. The number of aromatic nitrogens is 1. The van der Waals surface area contributed by atoms with Crippen LogP contribution in [0.1, 0.15) is 16.7 Å².